The number of carbonyl (C=O) groups excluding carboxylic acids is 2. The van der Waals surface area contributed by atoms with E-state index in [2.05, 4.69) is 5.32 Å². The van der Waals surface area contributed by atoms with Crippen molar-refractivity contribution in [3.63, 3.8) is 0 Å². The lowest BCUT2D eigenvalue weighted by Gasteiger charge is -2.18. The average Bonchev–Trinajstić information content (AvgIpc) is 2.60. The van der Waals surface area contributed by atoms with E-state index in [0.29, 0.717) is 12.0 Å². The van der Waals surface area contributed by atoms with Gasteiger partial charge in [-0.25, -0.2) is 0 Å². The lowest BCUT2D eigenvalue weighted by Crippen LogP contribution is -2.42. The van der Waals surface area contributed by atoms with E-state index in [4.69, 9.17) is 5.11 Å². The molecule has 0 spiro atoms. The second-order valence-corrected chi connectivity index (χ2v) is 5.44. The van der Waals surface area contributed by atoms with Crippen LogP contribution in [0.1, 0.15) is 28.8 Å². The van der Waals surface area contributed by atoms with E-state index in [1.165, 1.54) is 0 Å². The number of carbonyl (C=O) groups is 3. The van der Waals surface area contributed by atoms with Crippen LogP contribution < -0.4 is 5.32 Å². The van der Waals surface area contributed by atoms with Gasteiger partial charge in [0.2, 0.25) is 0 Å². The molecule has 124 valence electrons. The summed E-state index contributed by atoms with van der Waals surface area (Å²) < 4.78 is 0. The van der Waals surface area contributed by atoms with Gasteiger partial charge in [0.15, 0.2) is 5.78 Å². The molecule has 0 saturated carbocycles. The molecule has 5 heteroatoms. The minimum atomic E-state index is -1.03. The number of rotatable bonds is 8. The van der Waals surface area contributed by atoms with Gasteiger partial charge in [0.05, 0.1) is 12.5 Å². The van der Waals surface area contributed by atoms with Gasteiger partial charge in [-0.3, -0.25) is 14.4 Å². The molecule has 1 unspecified atom stereocenters. The molecule has 2 aromatic carbocycles. The average molecular weight is 325 g/mol. The van der Waals surface area contributed by atoms with Crippen LogP contribution in [0.15, 0.2) is 60.7 Å². The molecule has 0 bridgehead atoms. The van der Waals surface area contributed by atoms with Gasteiger partial charge in [-0.2, -0.15) is 0 Å². The third-order valence-corrected chi connectivity index (χ3v) is 3.60. The predicted molar refractivity (Wildman–Crippen MR) is 89.7 cm³/mol. The van der Waals surface area contributed by atoms with Crippen LogP contribution in [0.3, 0.4) is 0 Å². The van der Waals surface area contributed by atoms with Crippen molar-refractivity contribution < 1.29 is 19.5 Å². The summed E-state index contributed by atoms with van der Waals surface area (Å²) in [5, 5.41) is 11.5. The summed E-state index contributed by atoms with van der Waals surface area (Å²) in [4.78, 5) is 35.3. The minimum Gasteiger partial charge on any atom is -0.481 e. The molecule has 0 aliphatic rings. The van der Waals surface area contributed by atoms with Crippen LogP contribution in [0.25, 0.3) is 0 Å². The lowest BCUT2D eigenvalue weighted by molar-refractivity contribution is -0.138. The number of hydrogen-bond acceptors (Lipinski definition) is 3. The molecular weight excluding hydrogens is 306 g/mol. The first-order valence-electron chi connectivity index (χ1n) is 7.70. The molecule has 0 radical (unpaired) electrons. The molecule has 0 saturated heterocycles. The van der Waals surface area contributed by atoms with Crippen LogP contribution in [0.4, 0.5) is 0 Å². The molecule has 0 aromatic heterocycles. The van der Waals surface area contributed by atoms with E-state index in [9.17, 15) is 14.4 Å². The first-order chi connectivity index (χ1) is 11.6. The zero-order chi connectivity index (χ0) is 17.4. The summed E-state index contributed by atoms with van der Waals surface area (Å²) >= 11 is 0. The number of benzene rings is 2. The Balaban J connectivity index is 2.11. The zero-order valence-corrected chi connectivity index (χ0v) is 13.1. The van der Waals surface area contributed by atoms with Crippen molar-refractivity contribution >= 4 is 17.7 Å². The highest BCUT2D eigenvalue weighted by Gasteiger charge is 2.22. The number of carboxylic acids is 1. The van der Waals surface area contributed by atoms with Crippen LogP contribution >= 0.6 is 0 Å². The number of nitrogens with one attached hydrogen (secondary N) is 1. The summed E-state index contributed by atoms with van der Waals surface area (Å²) in [5.41, 5.74) is 1.36. The second kappa shape index (κ2) is 8.62. The van der Waals surface area contributed by atoms with Crippen molar-refractivity contribution in [1.82, 2.24) is 5.32 Å². The summed E-state index contributed by atoms with van der Waals surface area (Å²) in [6, 6.07) is 17.2. The second-order valence-electron chi connectivity index (χ2n) is 5.44. The minimum absolute atomic E-state index is 0.109. The molecule has 0 heterocycles. The van der Waals surface area contributed by atoms with Crippen LogP contribution in [0.5, 0.6) is 0 Å². The third-order valence-electron chi connectivity index (χ3n) is 3.60. The maximum atomic E-state index is 12.3. The SMILES string of the molecule is O=C(O)CCC(=O)C(Cc1ccccc1)NC(=O)c1ccccc1. The zero-order valence-electron chi connectivity index (χ0n) is 13.1. The van der Waals surface area contributed by atoms with E-state index in [1.807, 2.05) is 30.3 Å². The van der Waals surface area contributed by atoms with Crippen LogP contribution in [0.2, 0.25) is 0 Å². The fourth-order valence-electron chi connectivity index (χ4n) is 2.33. The smallest absolute Gasteiger partial charge is 0.303 e. The number of aliphatic carboxylic acids is 1. The van der Waals surface area contributed by atoms with E-state index < -0.39 is 12.0 Å². The fraction of sp³-hybridized carbons (Fsp3) is 0.211. The fourth-order valence-corrected chi connectivity index (χ4v) is 2.33. The van der Waals surface area contributed by atoms with Crippen molar-refractivity contribution in [2.75, 3.05) is 0 Å². The topological polar surface area (TPSA) is 83.5 Å². The van der Waals surface area contributed by atoms with Gasteiger partial charge < -0.3 is 10.4 Å². The van der Waals surface area contributed by atoms with Crippen LogP contribution in [0, 0.1) is 0 Å². The monoisotopic (exact) mass is 325 g/mol. The van der Waals surface area contributed by atoms with E-state index in [1.54, 1.807) is 30.3 Å². The van der Waals surface area contributed by atoms with Crippen molar-refractivity contribution in [1.29, 1.82) is 0 Å². The Morgan fingerprint density at radius 2 is 1.46 bits per heavy atom. The number of ketones is 1. The van der Waals surface area contributed by atoms with E-state index in [0.717, 1.165) is 5.56 Å². The van der Waals surface area contributed by atoms with Crippen molar-refractivity contribution in [2.45, 2.75) is 25.3 Å². The van der Waals surface area contributed by atoms with Gasteiger partial charge in [0, 0.05) is 12.0 Å². The van der Waals surface area contributed by atoms with Crippen molar-refractivity contribution in [3.05, 3.63) is 71.8 Å². The predicted octanol–water partition coefficient (Wildman–Crippen LogP) is 2.46. The quantitative estimate of drug-likeness (QED) is 0.781. The summed E-state index contributed by atoms with van der Waals surface area (Å²) in [5.74, 6) is -1.66. The highest BCUT2D eigenvalue weighted by molar-refractivity contribution is 5.98. The Hall–Kier alpha value is -2.95. The molecule has 2 rings (SSSR count). The Bertz CT molecular complexity index is 698. The summed E-state index contributed by atoms with van der Waals surface area (Å²) in [7, 11) is 0. The number of amides is 1. The maximum Gasteiger partial charge on any atom is 0.303 e. The largest absolute Gasteiger partial charge is 0.481 e. The number of carboxylic acid groups (broad SMARTS) is 1. The van der Waals surface area contributed by atoms with Gasteiger partial charge in [-0.05, 0) is 24.1 Å². The number of hydrogen-bond donors (Lipinski definition) is 2. The third kappa shape index (κ3) is 5.35. The van der Waals surface area contributed by atoms with Gasteiger partial charge in [-0.15, -0.1) is 0 Å². The molecule has 5 nitrogen and oxygen atoms in total. The molecule has 1 amide bonds. The Labute approximate surface area is 140 Å². The Morgan fingerprint density at radius 3 is 2.04 bits per heavy atom. The molecule has 1 atom stereocenters. The molecule has 0 aliphatic heterocycles. The molecule has 2 N–H and O–H groups in total. The van der Waals surface area contributed by atoms with Crippen molar-refractivity contribution in [3.8, 4) is 0 Å². The summed E-state index contributed by atoms with van der Waals surface area (Å²) in [6.07, 6.45) is -0.0227. The molecule has 24 heavy (non-hydrogen) atoms. The standard InChI is InChI=1S/C19H19NO4/c21-17(11-12-18(22)23)16(13-14-7-3-1-4-8-14)20-19(24)15-9-5-2-6-10-15/h1-10,16H,11-13H2,(H,20,24)(H,22,23). The molecule has 0 aliphatic carbocycles. The Morgan fingerprint density at radius 1 is 0.875 bits per heavy atom. The lowest BCUT2D eigenvalue weighted by atomic mass is 9.99. The van der Waals surface area contributed by atoms with Crippen molar-refractivity contribution in [2.24, 2.45) is 0 Å². The maximum absolute atomic E-state index is 12.3. The van der Waals surface area contributed by atoms with E-state index >= 15 is 0 Å². The van der Waals surface area contributed by atoms with Gasteiger partial charge >= 0.3 is 5.97 Å². The van der Waals surface area contributed by atoms with Gasteiger partial charge in [-0.1, -0.05) is 48.5 Å². The molecule has 0 fully saturated rings. The highest BCUT2D eigenvalue weighted by atomic mass is 16.4. The van der Waals surface area contributed by atoms with Gasteiger partial charge in [0.25, 0.3) is 5.91 Å². The van der Waals surface area contributed by atoms with E-state index in [-0.39, 0.29) is 24.5 Å². The Kier molecular flexibility index (Phi) is 6.25. The van der Waals surface area contributed by atoms with Crippen LogP contribution in [-0.4, -0.2) is 28.8 Å². The number of Topliss-reactive ketones (excluding diaryl/α,β-unsaturated/α-hetero) is 1. The van der Waals surface area contributed by atoms with Crippen LogP contribution in [-0.2, 0) is 16.0 Å². The molecule has 2 aromatic rings. The first-order valence-corrected chi connectivity index (χ1v) is 7.70. The molecular formula is C19H19NO4. The summed E-state index contributed by atoms with van der Waals surface area (Å²) in [6.45, 7) is 0. The first kappa shape index (κ1) is 17.4. The van der Waals surface area contributed by atoms with Gasteiger partial charge in [0.1, 0.15) is 0 Å². The highest BCUT2D eigenvalue weighted by Crippen LogP contribution is 2.08. The normalized spacial score (nSPS) is 11.5.